The van der Waals surface area contributed by atoms with Gasteiger partial charge in [0.2, 0.25) is 0 Å². The lowest BCUT2D eigenvalue weighted by atomic mass is 10.1. The molecule has 1 heteroatoms. The van der Waals surface area contributed by atoms with Gasteiger partial charge in [-0.05, 0) is 24.1 Å². The summed E-state index contributed by atoms with van der Waals surface area (Å²) in [7, 11) is 0. The Morgan fingerprint density at radius 2 is 2.36 bits per heavy atom. The summed E-state index contributed by atoms with van der Waals surface area (Å²) in [5, 5.41) is 1.07. The fraction of sp³-hybridized carbons (Fsp3) is 0.200. The minimum atomic E-state index is 0.919. The van der Waals surface area contributed by atoms with Crippen molar-refractivity contribution >= 4 is 11.0 Å². The Hall–Kier alpha value is -1.24. The molecule has 0 N–H and O–H groups in total. The van der Waals surface area contributed by atoms with Gasteiger partial charge in [0.15, 0.2) is 0 Å². The molecule has 0 aliphatic heterocycles. The minimum Gasteiger partial charge on any atom is -0.464 e. The topological polar surface area (TPSA) is 13.1 Å². The van der Waals surface area contributed by atoms with E-state index in [1.54, 1.807) is 6.26 Å². The molecule has 2 aromatic rings. The minimum absolute atomic E-state index is 0.919. The van der Waals surface area contributed by atoms with Gasteiger partial charge in [-0.2, -0.15) is 0 Å². The summed E-state index contributed by atoms with van der Waals surface area (Å²) in [4.78, 5) is 0. The van der Waals surface area contributed by atoms with Crippen molar-refractivity contribution in [2.24, 2.45) is 0 Å². The molecule has 0 fully saturated rings. The van der Waals surface area contributed by atoms with Crippen LogP contribution < -0.4 is 0 Å². The summed E-state index contributed by atoms with van der Waals surface area (Å²) in [6.07, 6.45) is 2.67. The van der Waals surface area contributed by atoms with Crippen LogP contribution in [0.1, 0.15) is 12.5 Å². The average molecular weight is 145 g/mol. The van der Waals surface area contributed by atoms with Crippen LogP contribution in [0.15, 0.2) is 28.9 Å². The van der Waals surface area contributed by atoms with E-state index in [1.807, 2.05) is 6.07 Å². The van der Waals surface area contributed by atoms with Gasteiger partial charge < -0.3 is 4.42 Å². The number of rotatable bonds is 1. The van der Waals surface area contributed by atoms with Crippen LogP contribution in [-0.2, 0) is 6.42 Å². The second-order valence-corrected chi connectivity index (χ2v) is 2.56. The van der Waals surface area contributed by atoms with Gasteiger partial charge in [0.1, 0.15) is 5.58 Å². The molecule has 0 aliphatic carbocycles. The molecule has 55 valence electrons. The van der Waals surface area contributed by atoms with Gasteiger partial charge in [0, 0.05) is 11.5 Å². The molecule has 11 heavy (non-hydrogen) atoms. The van der Waals surface area contributed by atoms with Crippen LogP contribution in [0.25, 0.3) is 11.0 Å². The van der Waals surface area contributed by atoms with Crippen LogP contribution in [0, 0.1) is 6.07 Å². The average Bonchev–Trinajstić information content (AvgIpc) is 2.50. The number of furan rings is 1. The molecule has 0 atom stereocenters. The second-order valence-electron chi connectivity index (χ2n) is 2.56. The number of hydrogen-bond acceptors (Lipinski definition) is 1. The van der Waals surface area contributed by atoms with Crippen molar-refractivity contribution in [3.05, 3.63) is 36.1 Å². The molecule has 0 saturated carbocycles. The maximum Gasteiger partial charge on any atom is 0.134 e. The third-order valence-corrected chi connectivity index (χ3v) is 1.85. The smallest absolute Gasteiger partial charge is 0.134 e. The first-order chi connectivity index (χ1) is 5.40. The van der Waals surface area contributed by atoms with E-state index < -0.39 is 0 Å². The Kier molecular flexibility index (Phi) is 1.42. The Morgan fingerprint density at radius 1 is 1.45 bits per heavy atom. The number of aryl methyl sites for hydroxylation is 1. The molecule has 0 unspecified atom stereocenters. The van der Waals surface area contributed by atoms with Gasteiger partial charge in [0.05, 0.1) is 6.26 Å². The van der Waals surface area contributed by atoms with Gasteiger partial charge in [-0.3, -0.25) is 0 Å². The van der Waals surface area contributed by atoms with Crippen molar-refractivity contribution in [3.8, 4) is 0 Å². The molecule has 0 saturated heterocycles. The SMILES string of the molecule is CCc1ccc2oc[c]c2c1. The summed E-state index contributed by atoms with van der Waals surface area (Å²) in [6, 6.07) is 9.21. The summed E-state index contributed by atoms with van der Waals surface area (Å²) >= 11 is 0. The van der Waals surface area contributed by atoms with Crippen LogP contribution in [0.4, 0.5) is 0 Å². The van der Waals surface area contributed by atoms with E-state index in [1.165, 1.54) is 5.56 Å². The molecular formula is C10H9O. The lowest BCUT2D eigenvalue weighted by Gasteiger charge is -1.93. The molecule has 2 rings (SSSR count). The van der Waals surface area contributed by atoms with Gasteiger partial charge >= 0.3 is 0 Å². The van der Waals surface area contributed by atoms with Gasteiger partial charge in [-0.15, -0.1) is 0 Å². The van der Waals surface area contributed by atoms with Crippen LogP contribution in [0.2, 0.25) is 0 Å². The maximum atomic E-state index is 5.16. The molecule has 1 aromatic heterocycles. The lowest BCUT2D eigenvalue weighted by molar-refractivity contribution is 0.615. The highest BCUT2D eigenvalue weighted by Gasteiger charge is 1.96. The van der Waals surface area contributed by atoms with Crippen LogP contribution in [-0.4, -0.2) is 0 Å². The Morgan fingerprint density at radius 3 is 3.18 bits per heavy atom. The number of hydrogen-bond donors (Lipinski definition) is 0. The highest BCUT2D eigenvalue weighted by atomic mass is 16.3. The number of fused-ring (bicyclic) bond motifs is 1. The molecular weight excluding hydrogens is 136 g/mol. The molecule has 1 heterocycles. The predicted octanol–water partition coefficient (Wildman–Crippen LogP) is 2.80. The van der Waals surface area contributed by atoms with Gasteiger partial charge in [-0.25, -0.2) is 0 Å². The van der Waals surface area contributed by atoms with Crippen molar-refractivity contribution in [2.45, 2.75) is 13.3 Å². The molecule has 0 spiro atoms. The Labute approximate surface area is 65.6 Å². The fourth-order valence-electron chi connectivity index (χ4n) is 1.17. The molecule has 0 bridgehead atoms. The Bertz CT molecular complexity index is 360. The van der Waals surface area contributed by atoms with Gasteiger partial charge in [-0.1, -0.05) is 13.0 Å². The zero-order valence-electron chi connectivity index (χ0n) is 6.42. The zero-order valence-corrected chi connectivity index (χ0v) is 6.42. The lowest BCUT2D eigenvalue weighted by Crippen LogP contribution is -1.76. The van der Waals surface area contributed by atoms with Crippen molar-refractivity contribution in [1.29, 1.82) is 0 Å². The van der Waals surface area contributed by atoms with E-state index in [4.69, 9.17) is 4.42 Å². The fourth-order valence-corrected chi connectivity index (χ4v) is 1.17. The van der Waals surface area contributed by atoms with E-state index in [0.717, 1.165) is 17.4 Å². The normalized spacial score (nSPS) is 10.6. The van der Waals surface area contributed by atoms with Crippen molar-refractivity contribution in [1.82, 2.24) is 0 Å². The quantitative estimate of drug-likeness (QED) is 0.601. The van der Waals surface area contributed by atoms with Crippen LogP contribution >= 0.6 is 0 Å². The first-order valence-corrected chi connectivity index (χ1v) is 3.78. The molecule has 1 radical (unpaired) electrons. The van der Waals surface area contributed by atoms with E-state index in [0.29, 0.717) is 0 Å². The van der Waals surface area contributed by atoms with E-state index in [2.05, 4.69) is 25.1 Å². The summed E-state index contributed by atoms with van der Waals surface area (Å²) in [6.45, 7) is 2.14. The summed E-state index contributed by atoms with van der Waals surface area (Å²) in [5.74, 6) is 0. The molecule has 1 aromatic carbocycles. The molecule has 1 nitrogen and oxygen atoms in total. The van der Waals surface area contributed by atoms with E-state index in [9.17, 15) is 0 Å². The number of benzene rings is 1. The highest BCUT2D eigenvalue weighted by Crippen LogP contribution is 2.16. The third-order valence-electron chi connectivity index (χ3n) is 1.85. The largest absolute Gasteiger partial charge is 0.464 e. The summed E-state index contributed by atoms with van der Waals surface area (Å²) in [5.41, 5.74) is 2.25. The first-order valence-electron chi connectivity index (χ1n) is 3.78. The monoisotopic (exact) mass is 145 g/mol. The Balaban J connectivity index is 2.67. The summed E-state index contributed by atoms with van der Waals surface area (Å²) < 4.78 is 5.16. The van der Waals surface area contributed by atoms with Crippen molar-refractivity contribution in [2.75, 3.05) is 0 Å². The molecule has 0 amide bonds. The van der Waals surface area contributed by atoms with Crippen LogP contribution in [0.3, 0.4) is 0 Å². The third kappa shape index (κ3) is 1.03. The van der Waals surface area contributed by atoms with E-state index >= 15 is 0 Å². The molecule has 0 aliphatic rings. The van der Waals surface area contributed by atoms with Crippen molar-refractivity contribution < 1.29 is 4.42 Å². The first kappa shape index (κ1) is 6.47. The zero-order chi connectivity index (χ0) is 7.68. The van der Waals surface area contributed by atoms with Crippen LogP contribution in [0.5, 0.6) is 0 Å². The van der Waals surface area contributed by atoms with E-state index in [-0.39, 0.29) is 0 Å². The van der Waals surface area contributed by atoms with Crippen molar-refractivity contribution in [3.63, 3.8) is 0 Å². The predicted molar refractivity (Wildman–Crippen MR) is 44.4 cm³/mol. The second kappa shape index (κ2) is 2.42. The maximum absolute atomic E-state index is 5.16. The highest BCUT2D eigenvalue weighted by molar-refractivity contribution is 5.76. The standard InChI is InChI=1S/C10H9O/c1-2-8-3-4-10-9(7-8)5-6-11-10/h3-4,6-7H,2H2,1H3. The van der Waals surface area contributed by atoms with Gasteiger partial charge in [0.25, 0.3) is 0 Å².